The van der Waals surface area contributed by atoms with Crippen molar-refractivity contribution in [2.45, 2.75) is 12.3 Å². The maximum atomic E-state index is 11.0. The van der Waals surface area contributed by atoms with Crippen LogP contribution in [0.15, 0.2) is 24.3 Å². The maximum absolute atomic E-state index is 11.0. The Balaban J connectivity index is 2.17. The fraction of sp³-hybridized carbons (Fsp3) is 0.300. The molecule has 1 aliphatic rings. The van der Waals surface area contributed by atoms with Gasteiger partial charge in [0.05, 0.1) is 0 Å². The van der Waals surface area contributed by atoms with Crippen LogP contribution in [-0.4, -0.2) is 12.5 Å². The summed E-state index contributed by atoms with van der Waals surface area (Å²) in [7, 11) is 0. The number of carbonyl (C=O) groups excluding carboxylic acids is 1. The highest BCUT2D eigenvalue weighted by Crippen LogP contribution is 2.23. The second-order valence-electron chi connectivity index (χ2n) is 3.26. The van der Waals surface area contributed by atoms with Crippen LogP contribution in [0, 0.1) is 3.57 Å². The van der Waals surface area contributed by atoms with Crippen LogP contribution in [0.25, 0.3) is 0 Å². The summed E-state index contributed by atoms with van der Waals surface area (Å²) in [5.74, 6) is 0.549. The Morgan fingerprint density at radius 3 is 2.54 bits per heavy atom. The number of benzene rings is 1. The van der Waals surface area contributed by atoms with Gasteiger partial charge in [0.2, 0.25) is 5.91 Å². The molecular formula is C10H10INO. The van der Waals surface area contributed by atoms with Gasteiger partial charge >= 0.3 is 0 Å². The summed E-state index contributed by atoms with van der Waals surface area (Å²) in [4.78, 5) is 11.0. The number of nitrogens with one attached hydrogen (secondary N) is 1. The van der Waals surface area contributed by atoms with Crippen LogP contribution in [0.1, 0.15) is 17.9 Å². The van der Waals surface area contributed by atoms with Gasteiger partial charge in [0, 0.05) is 22.5 Å². The number of hydrogen-bond acceptors (Lipinski definition) is 1. The van der Waals surface area contributed by atoms with E-state index in [-0.39, 0.29) is 5.91 Å². The average molecular weight is 287 g/mol. The van der Waals surface area contributed by atoms with E-state index in [9.17, 15) is 4.79 Å². The largest absolute Gasteiger partial charge is 0.355 e. The number of rotatable bonds is 1. The fourth-order valence-corrected chi connectivity index (χ4v) is 1.94. The molecule has 0 saturated carbocycles. The zero-order chi connectivity index (χ0) is 9.26. The molecule has 1 aliphatic heterocycles. The van der Waals surface area contributed by atoms with Crippen LogP contribution >= 0.6 is 22.6 Å². The Hall–Kier alpha value is -0.580. The lowest BCUT2D eigenvalue weighted by molar-refractivity contribution is -0.119. The number of carbonyl (C=O) groups is 1. The molecule has 68 valence electrons. The van der Waals surface area contributed by atoms with Crippen molar-refractivity contribution in [2.24, 2.45) is 0 Å². The third-order valence-corrected chi connectivity index (χ3v) is 3.04. The lowest BCUT2D eigenvalue weighted by Crippen LogP contribution is -2.13. The second kappa shape index (κ2) is 3.65. The summed E-state index contributed by atoms with van der Waals surface area (Å²) in [6, 6.07) is 8.37. The Labute approximate surface area is 90.9 Å². The van der Waals surface area contributed by atoms with Gasteiger partial charge in [-0.25, -0.2) is 0 Å². The molecule has 3 heteroatoms. The molecule has 1 fully saturated rings. The summed E-state index contributed by atoms with van der Waals surface area (Å²) in [5, 5.41) is 2.84. The minimum absolute atomic E-state index is 0.170. The predicted octanol–water partition coefficient (Wildman–Crippen LogP) is 1.89. The van der Waals surface area contributed by atoms with E-state index in [4.69, 9.17) is 0 Å². The van der Waals surface area contributed by atoms with Gasteiger partial charge in [0.25, 0.3) is 0 Å². The molecule has 2 nitrogen and oxygen atoms in total. The molecule has 1 aromatic carbocycles. The molecule has 1 atom stereocenters. The van der Waals surface area contributed by atoms with Gasteiger partial charge in [0.15, 0.2) is 0 Å². The molecule has 1 amide bonds. The standard InChI is InChI=1S/C10H10INO/c11-9-3-1-7(2-4-9)8-5-10(13)12-6-8/h1-4,8H,5-6H2,(H,12,13). The molecule has 0 radical (unpaired) electrons. The third-order valence-electron chi connectivity index (χ3n) is 2.32. The van der Waals surface area contributed by atoms with E-state index < -0.39 is 0 Å². The lowest BCUT2D eigenvalue weighted by Gasteiger charge is -2.06. The molecule has 0 bridgehead atoms. The fourth-order valence-electron chi connectivity index (χ4n) is 1.58. The monoisotopic (exact) mass is 287 g/mol. The van der Waals surface area contributed by atoms with Crippen LogP contribution in [-0.2, 0) is 4.79 Å². The van der Waals surface area contributed by atoms with Gasteiger partial charge in [-0.05, 0) is 40.3 Å². The second-order valence-corrected chi connectivity index (χ2v) is 4.50. The Morgan fingerprint density at radius 2 is 2.00 bits per heavy atom. The van der Waals surface area contributed by atoms with Crippen LogP contribution in [0.3, 0.4) is 0 Å². The quantitative estimate of drug-likeness (QED) is 0.785. The molecule has 2 rings (SSSR count). The van der Waals surface area contributed by atoms with E-state index in [0.717, 1.165) is 6.54 Å². The molecule has 1 N–H and O–H groups in total. The van der Waals surface area contributed by atoms with Crippen molar-refractivity contribution < 1.29 is 4.79 Å². The van der Waals surface area contributed by atoms with Crippen molar-refractivity contribution in [2.75, 3.05) is 6.54 Å². The van der Waals surface area contributed by atoms with Gasteiger partial charge in [0.1, 0.15) is 0 Å². The maximum Gasteiger partial charge on any atom is 0.220 e. The van der Waals surface area contributed by atoms with Crippen LogP contribution in [0.5, 0.6) is 0 Å². The number of amides is 1. The molecule has 1 saturated heterocycles. The molecule has 13 heavy (non-hydrogen) atoms. The molecule has 0 spiro atoms. The minimum atomic E-state index is 0.170. The number of hydrogen-bond donors (Lipinski definition) is 1. The lowest BCUT2D eigenvalue weighted by atomic mass is 9.99. The molecule has 1 unspecified atom stereocenters. The van der Waals surface area contributed by atoms with Crippen molar-refractivity contribution in [1.29, 1.82) is 0 Å². The minimum Gasteiger partial charge on any atom is -0.355 e. The van der Waals surface area contributed by atoms with Crippen molar-refractivity contribution in [3.8, 4) is 0 Å². The van der Waals surface area contributed by atoms with E-state index in [1.165, 1.54) is 9.13 Å². The zero-order valence-electron chi connectivity index (χ0n) is 7.09. The Kier molecular flexibility index (Phi) is 2.53. The van der Waals surface area contributed by atoms with E-state index in [2.05, 4.69) is 52.2 Å². The van der Waals surface area contributed by atoms with E-state index in [1.54, 1.807) is 0 Å². The first-order valence-electron chi connectivity index (χ1n) is 4.28. The van der Waals surface area contributed by atoms with Gasteiger partial charge in [-0.3, -0.25) is 4.79 Å². The van der Waals surface area contributed by atoms with E-state index in [0.29, 0.717) is 12.3 Å². The van der Waals surface area contributed by atoms with Crippen LogP contribution in [0.4, 0.5) is 0 Å². The first kappa shape index (κ1) is 8.99. The average Bonchev–Trinajstić information content (AvgIpc) is 2.53. The smallest absolute Gasteiger partial charge is 0.220 e. The molecule has 0 aromatic heterocycles. The van der Waals surface area contributed by atoms with Gasteiger partial charge < -0.3 is 5.32 Å². The highest BCUT2D eigenvalue weighted by Gasteiger charge is 2.22. The highest BCUT2D eigenvalue weighted by molar-refractivity contribution is 14.1. The summed E-state index contributed by atoms with van der Waals surface area (Å²) < 4.78 is 1.23. The third kappa shape index (κ3) is 2.02. The topological polar surface area (TPSA) is 29.1 Å². The van der Waals surface area contributed by atoms with Crippen LogP contribution < -0.4 is 5.32 Å². The molecule has 0 aliphatic carbocycles. The first-order chi connectivity index (χ1) is 6.25. The van der Waals surface area contributed by atoms with E-state index in [1.807, 2.05) is 0 Å². The van der Waals surface area contributed by atoms with Crippen molar-refractivity contribution in [3.05, 3.63) is 33.4 Å². The Bertz CT molecular complexity index is 320. The summed E-state index contributed by atoms with van der Waals surface area (Å²) in [6.07, 6.45) is 0.639. The van der Waals surface area contributed by atoms with E-state index >= 15 is 0 Å². The Morgan fingerprint density at radius 1 is 1.31 bits per heavy atom. The SMILES string of the molecule is O=C1CC(c2ccc(I)cc2)CN1. The predicted molar refractivity (Wildman–Crippen MR) is 59.5 cm³/mol. The molecule has 1 heterocycles. The first-order valence-corrected chi connectivity index (χ1v) is 5.36. The highest BCUT2D eigenvalue weighted by atomic mass is 127. The zero-order valence-corrected chi connectivity index (χ0v) is 9.24. The summed E-state index contributed by atoms with van der Waals surface area (Å²) in [5.41, 5.74) is 1.26. The summed E-state index contributed by atoms with van der Waals surface area (Å²) >= 11 is 2.28. The van der Waals surface area contributed by atoms with Crippen molar-refractivity contribution in [1.82, 2.24) is 5.32 Å². The molecular weight excluding hydrogens is 277 g/mol. The van der Waals surface area contributed by atoms with Crippen LogP contribution in [0.2, 0.25) is 0 Å². The normalized spacial score (nSPS) is 21.6. The van der Waals surface area contributed by atoms with Crippen molar-refractivity contribution >= 4 is 28.5 Å². The van der Waals surface area contributed by atoms with Crippen molar-refractivity contribution in [3.63, 3.8) is 0 Å². The van der Waals surface area contributed by atoms with Gasteiger partial charge in [-0.15, -0.1) is 0 Å². The number of halogens is 1. The molecule has 1 aromatic rings. The summed E-state index contributed by atoms with van der Waals surface area (Å²) in [6.45, 7) is 0.791. The van der Waals surface area contributed by atoms with Gasteiger partial charge in [-0.1, -0.05) is 12.1 Å². The van der Waals surface area contributed by atoms with Gasteiger partial charge in [-0.2, -0.15) is 0 Å².